The van der Waals surface area contributed by atoms with Gasteiger partial charge in [-0.05, 0) is 28.0 Å². The van der Waals surface area contributed by atoms with Gasteiger partial charge in [0.1, 0.15) is 0 Å². The second-order valence-corrected chi connectivity index (χ2v) is 10.7. The van der Waals surface area contributed by atoms with Crippen molar-refractivity contribution >= 4 is 21.6 Å². The van der Waals surface area contributed by atoms with Crippen molar-refractivity contribution in [3.8, 4) is 0 Å². The summed E-state index contributed by atoms with van der Waals surface area (Å²) < 4.78 is 0. The van der Waals surface area contributed by atoms with Gasteiger partial charge in [-0.15, -0.1) is 0 Å². The van der Waals surface area contributed by atoms with Crippen molar-refractivity contribution in [2.24, 2.45) is 0 Å². The van der Waals surface area contributed by atoms with Gasteiger partial charge in [-0.25, -0.2) is 0 Å². The third-order valence-corrected chi connectivity index (χ3v) is 7.93. The fourth-order valence-electron chi connectivity index (χ4n) is 3.49. The molecule has 0 saturated heterocycles. The minimum Gasteiger partial charge on any atom is -0.0622 e. The molecule has 2 unspecified atom stereocenters. The van der Waals surface area contributed by atoms with Crippen molar-refractivity contribution in [1.82, 2.24) is 0 Å². The summed E-state index contributed by atoms with van der Waals surface area (Å²) in [6.45, 7) is 7.19. The van der Waals surface area contributed by atoms with Crippen molar-refractivity contribution < 1.29 is 0 Å². The van der Waals surface area contributed by atoms with Crippen molar-refractivity contribution in [2.45, 2.75) is 38.0 Å². The molecule has 0 saturated carbocycles. The molecule has 0 aliphatic carbocycles. The van der Waals surface area contributed by atoms with Gasteiger partial charge in [-0.2, -0.15) is 0 Å². The van der Waals surface area contributed by atoms with E-state index in [9.17, 15) is 0 Å². The zero-order valence-corrected chi connectivity index (χ0v) is 16.9. The Bertz CT molecular complexity index is 764. The minimum atomic E-state index is -0.360. The second kappa shape index (κ2) is 9.20. The van der Waals surface area contributed by atoms with Gasteiger partial charge in [0, 0.05) is 14.1 Å². The van der Waals surface area contributed by atoms with E-state index in [2.05, 4.69) is 112 Å². The van der Waals surface area contributed by atoms with Gasteiger partial charge in [0.15, 0.2) is 0 Å². The van der Waals surface area contributed by atoms with E-state index in [4.69, 9.17) is 0 Å². The summed E-state index contributed by atoms with van der Waals surface area (Å²) in [4.78, 5) is 0. The first-order valence-corrected chi connectivity index (χ1v) is 10.4. The molecule has 0 nitrogen and oxygen atoms in total. The molecule has 0 aliphatic rings. The highest BCUT2D eigenvalue weighted by molar-refractivity contribution is 7.67. The second-order valence-electron chi connectivity index (χ2n) is 7.49. The van der Waals surface area contributed by atoms with Gasteiger partial charge in [0.2, 0.25) is 0 Å². The lowest BCUT2D eigenvalue weighted by Gasteiger charge is -2.39. The normalized spacial score (nSPS) is 13.5. The van der Waals surface area contributed by atoms with E-state index in [1.807, 2.05) is 0 Å². The van der Waals surface area contributed by atoms with E-state index in [1.165, 1.54) is 16.4 Å². The van der Waals surface area contributed by atoms with Crippen LogP contribution in [0.1, 0.15) is 37.6 Å². The summed E-state index contributed by atoms with van der Waals surface area (Å²) in [5, 5.41) is 1.74. The maximum absolute atomic E-state index is 2.40. The predicted molar refractivity (Wildman–Crippen MR) is 118 cm³/mol. The molecule has 0 bridgehead atoms. The molecule has 0 aromatic heterocycles. The smallest absolute Gasteiger partial charge is 0.0127 e. The van der Waals surface area contributed by atoms with Gasteiger partial charge < -0.3 is 0 Å². The average Bonchev–Trinajstić information content (AvgIpc) is 2.63. The zero-order chi connectivity index (χ0) is 17.7. The van der Waals surface area contributed by atoms with Gasteiger partial charge in [-0.1, -0.05) is 120 Å². The molecule has 3 rings (SSSR count). The van der Waals surface area contributed by atoms with Crippen LogP contribution in [-0.2, 0) is 6.42 Å². The zero-order valence-electron chi connectivity index (χ0n) is 16.0. The van der Waals surface area contributed by atoms with Crippen LogP contribution < -0.4 is 5.30 Å². The van der Waals surface area contributed by atoms with E-state index in [0.29, 0.717) is 5.66 Å². The van der Waals surface area contributed by atoms with Crippen LogP contribution in [0.3, 0.4) is 0 Å². The topological polar surface area (TPSA) is 0 Å². The monoisotopic (exact) mass is 357 g/mol. The highest BCUT2D eigenvalue weighted by Gasteiger charge is 2.33. The molecule has 0 heterocycles. The van der Waals surface area contributed by atoms with Crippen LogP contribution in [0.25, 0.3) is 0 Å². The van der Waals surface area contributed by atoms with Crippen LogP contribution in [0.15, 0.2) is 91.0 Å². The third-order valence-electron chi connectivity index (χ3n) is 4.52. The molecule has 131 valence electrons. The van der Waals surface area contributed by atoms with Gasteiger partial charge in [-0.3, -0.25) is 0 Å². The lowest BCUT2D eigenvalue weighted by Crippen LogP contribution is -2.24. The molecule has 3 aromatic rings. The van der Waals surface area contributed by atoms with E-state index in [0.717, 1.165) is 6.42 Å². The Labute approximate surface area is 162 Å². The standard InChI is InChI=1S/C24H27P.B/c1-24(2,3)25(22-17-11-6-12-18-22)23(21-15-9-5-10-16-21)19-20-13-7-4-8-14-20;/h4-18,23H,19H2,1-3H3;. The first kappa shape index (κ1) is 20.5. The van der Waals surface area contributed by atoms with E-state index < -0.39 is 0 Å². The Morgan fingerprint density at radius 2 is 1.15 bits per heavy atom. The average molecular weight is 357 g/mol. The quantitative estimate of drug-likeness (QED) is 0.377. The molecule has 0 aliphatic heterocycles. The molecule has 26 heavy (non-hydrogen) atoms. The number of hydrogen-bond acceptors (Lipinski definition) is 0. The maximum atomic E-state index is 2.40. The molecule has 3 aromatic carbocycles. The van der Waals surface area contributed by atoms with Crippen LogP contribution >= 0.6 is 7.92 Å². The summed E-state index contributed by atoms with van der Waals surface area (Å²) in [7, 11) is -0.360. The molecule has 2 atom stereocenters. The molecule has 0 spiro atoms. The number of hydrogen-bond donors (Lipinski definition) is 0. The Morgan fingerprint density at radius 1 is 0.692 bits per heavy atom. The summed E-state index contributed by atoms with van der Waals surface area (Å²) >= 11 is 0. The predicted octanol–water partition coefficient (Wildman–Crippen LogP) is 6.20. The maximum Gasteiger partial charge on any atom is 0.0127 e. The molecule has 2 heteroatoms. The highest BCUT2D eigenvalue weighted by atomic mass is 31.1. The lowest BCUT2D eigenvalue weighted by molar-refractivity contribution is 0.762. The summed E-state index contributed by atoms with van der Waals surface area (Å²) in [5.74, 6) is 0. The number of benzene rings is 3. The highest BCUT2D eigenvalue weighted by Crippen LogP contribution is 2.60. The molecular formula is C24H27BP. The Morgan fingerprint density at radius 3 is 1.65 bits per heavy atom. The van der Waals surface area contributed by atoms with Gasteiger partial charge in [0.25, 0.3) is 0 Å². The van der Waals surface area contributed by atoms with E-state index >= 15 is 0 Å². The van der Waals surface area contributed by atoms with Crippen molar-refractivity contribution in [3.05, 3.63) is 102 Å². The number of rotatable bonds is 5. The Balaban J connectivity index is 0.00000243. The van der Waals surface area contributed by atoms with Crippen LogP contribution in [0.2, 0.25) is 0 Å². The fraction of sp³-hybridized carbons (Fsp3) is 0.250. The molecule has 3 radical (unpaired) electrons. The molecule has 0 N–H and O–H groups in total. The molecular weight excluding hydrogens is 330 g/mol. The first-order valence-electron chi connectivity index (χ1n) is 8.99. The van der Waals surface area contributed by atoms with Crippen molar-refractivity contribution in [3.63, 3.8) is 0 Å². The van der Waals surface area contributed by atoms with E-state index in [1.54, 1.807) is 0 Å². The first-order chi connectivity index (χ1) is 12.1. The van der Waals surface area contributed by atoms with Crippen LogP contribution in [0, 0.1) is 0 Å². The fourth-order valence-corrected chi connectivity index (χ4v) is 6.92. The van der Waals surface area contributed by atoms with Gasteiger partial charge in [0.05, 0.1) is 0 Å². The summed E-state index contributed by atoms with van der Waals surface area (Å²) in [5.41, 5.74) is 3.39. The largest absolute Gasteiger partial charge is 0.0622 e. The lowest BCUT2D eigenvalue weighted by atomic mass is 10.0. The van der Waals surface area contributed by atoms with Crippen LogP contribution in [0.5, 0.6) is 0 Å². The van der Waals surface area contributed by atoms with Crippen LogP contribution in [0.4, 0.5) is 0 Å². The van der Waals surface area contributed by atoms with Crippen molar-refractivity contribution in [2.75, 3.05) is 0 Å². The summed E-state index contributed by atoms with van der Waals surface area (Å²) in [6, 6.07) is 33.1. The molecule has 0 fully saturated rings. The van der Waals surface area contributed by atoms with Crippen molar-refractivity contribution in [1.29, 1.82) is 0 Å². The van der Waals surface area contributed by atoms with Gasteiger partial charge >= 0.3 is 0 Å². The van der Waals surface area contributed by atoms with E-state index in [-0.39, 0.29) is 21.5 Å². The SMILES string of the molecule is CC(C)(C)P(c1ccccc1)C(Cc1ccccc1)c1ccccc1.[B]. The Hall–Kier alpha value is -1.85. The third kappa shape index (κ3) is 5.09. The summed E-state index contributed by atoms with van der Waals surface area (Å²) in [6.07, 6.45) is 1.09. The molecule has 0 amide bonds. The minimum absolute atomic E-state index is 0. The Kier molecular flexibility index (Phi) is 7.24. The van der Waals surface area contributed by atoms with Crippen LogP contribution in [-0.4, -0.2) is 13.6 Å².